The average molecular weight is 234 g/mol. The number of pyridine rings is 1. The van der Waals surface area contributed by atoms with Crippen molar-refractivity contribution in [3.8, 4) is 17.3 Å². The quantitative estimate of drug-likeness (QED) is 0.793. The molecule has 0 aliphatic heterocycles. The molecule has 0 amide bonds. The summed E-state index contributed by atoms with van der Waals surface area (Å²) < 4.78 is 0. The van der Waals surface area contributed by atoms with E-state index in [1.54, 1.807) is 24.5 Å². The van der Waals surface area contributed by atoms with Gasteiger partial charge in [0.1, 0.15) is 11.4 Å². The van der Waals surface area contributed by atoms with E-state index in [1.165, 1.54) is 6.20 Å². The molecule has 14 heavy (non-hydrogen) atoms. The first kappa shape index (κ1) is 12.7. The Morgan fingerprint density at radius 2 is 1.93 bits per heavy atom. The molecule has 4 nitrogen and oxygen atoms in total. The van der Waals surface area contributed by atoms with Crippen LogP contribution >= 0.6 is 24.8 Å². The van der Waals surface area contributed by atoms with Crippen molar-refractivity contribution in [3.05, 3.63) is 30.7 Å². The second-order valence-electron chi connectivity index (χ2n) is 2.34. The minimum absolute atomic E-state index is 0. The number of H-pyrrole nitrogens is 1. The first-order chi connectivity index (χ1) is 5.86. The zero-order valence-corrected chi connectivity index (χ0v) is 8.68. The SMILES string of the molecule is Cl.Cl.Oc1ccc(-c2ncc[nH]2)nc1. The Kier molecular flexibility index (Phi) is 4.97. The Hall–Kier alpha value is -1.26. The molecule has 2 aromatic rings. The lowest BCUT2D eigenvalue weighted by atomic mass is 10.3. The summed E-state index contributed by atoms with van der Waals surface area (Å²) in [5, 5.41) is 8.96. The third-order valence-electron chi connectivity index (χ3n) is 1.49. The molecular weight excluding hydrogens is 225 g/mol. The number of hydrogen-bond donors (Lipinski definition) is 2. The predicted octanol–water partition coefficient (Wildman–Crippen LogP) is 2.02. The Balaban J connectivity index is 0.000000845. The molecule has 2 aromatic heterocycles. The second-order valence-corrected chi connectivity index (χ2v) is 2.34. The molecule has 0 atom stereocenters. The zero-order valence-electron chi connectivity index (χ0n) is 7.04. The smallest absolute Gasteiger partial charge is 0.155 e. The molecular formula is C8H9Cl2N3O. The van der Waals surface area contributed by atoms with Gasteiger partial charge in [0.2, 0.25) is 0 Å². The van der Waals surface area contributed by atoms with Crippen molar-refractivity contribution in [2.45, 2.75) is 0 Å². The van der Waals surface area contributed by atoms with E-state index >= 15 is 0 Å². The standard InChI is InChI=1S/C8H7N3O.2ClH/c12-6-1-2-7(11-5-6)8-9-3-4-10-8;;/h1-5,12H,(H,9,10);2*1H. The molecule has 0 spiro atoms. The molecule has 2 N–H and O–H groups in total. The van der Waals surface area contributed by atoms with Gasteiger partial charge in [-0.15, -0.1) is 24.8 Å². The van der Waals surface area contributed by atoms with Crippen LogP contribution < -0.4 is 0 Å². The van der Waals surface area contributed by atoms with Gasteiger partial charge in [-0.3, -0.25) is 0 Å². The van der Waals surface area contributed by atoms with Crippen LogP contribution in [0.5, 0.6) is 5.75 Å². The van der Waals surface area contributed by atoms with E-state index in [2.05, 4.69) is 15.0 Å². The normalized spacial score (nSPS) is 8.57. The number of aromatic hydroxyl groups is 1. The molecule has 0 radical (unpaired) electrons. The Bertz CT molecular complexity index is 361. The molecule has 2 heterocycles. The van der Waals surface area contributed by atoms with Gasteiger partial charge < -0.3 is 10.1 Å². The van der Waals surface area contributed by atoms with Crippen molar-refractivity contribution in [2.24, 2.45) is 0 Å². The van der Waals surface area contributed by atoms with Crippen molar-refractivity contribution >= 4 is 24.8 Å². The summed E-state index contributed by atoms with van der Waals surface area (Å²) in [4.78, 5) is 10.9. The lowest BCUT2D eigenvalue weighted by molar-refractivity contribution is 0.473. The van der Waals surface area contributed by atoms with Crippen LogP contribution in [0.1, 0.15) is 0 Å². The predicted molar refractivity (Wildman–Crippen MR) is 58.0 cm³/mol. The van der Waals surface area contributed by atoms with E-state index in [0.717, 1.165) is 5.69 Å². The highest BCUT2D eigenvalue weighted by Crippen LogP contribution is 2.13. The molecule has 0 aliphatic rings. The van der Waals surface area contributed by atoms with Crippen LogP contribution in [0.2, 0.25) is 0 Å². The molecule has 0 bridgehead atoms. The van der Waals surface area contributed by atoms with E-state index in [0.29, 0.717) is 5.82 Å². The van der Waals surface area contributed by atoms with Gasteiger partial charge in [0, 0.05) is 12.4 Å². The topological polar surface area (TPSA) is 61.8 Å². The molecule has 6 heteroatoms. The lowest BCUT2D eigenvalue weighted by Gasteiger charge is -1.94. The van der Waals surface area contributed by atoms with Gasteiger partial charge in [-0.25, -0.2) is 9.97 Å². The summed E-state index contributed by atoms with van der Waals surface area (Å²) in [7, 11) is 0. The van der Waals surface area contributed by atoms with Gasteiger partial charge in [0.05, 0.1) is 6.20 Å². The van der Waals surface area contributed by atoms with E-state index in [9.17, 15) is 0 Å². The summed E-state index contributed by atoms with van der Waals surface area (Å²) in [6.07, 6.45) is 4.77. The minimum atomic E-state index is 0. The minimum Gasteiger partial charge on any atom is -0.506 e. The number of rotatable bonds is 1. The van der Waals surface area contributed by atoms with Crippen LogP contribution in [0.25, 0.3) is 11.5 Å². The first-order valence-electron chi connectivity index (χ1n) is 3.51. The maximum Gasteiger partial charge on any atom is 0.155 e. The molecule has 0 aromatic carbocycles. The van der Waals surface area contributed by atoms with Crippen LogP contribution in [0, 0.1) is 0 Å². The summed E-state index contributed by atoms with van der Waals surface area (Å²) in [5.74, 6) is 0.861. The summed E-state index contributed by atoms with van der Waals surface area (Å²) in [6, 6.07) is 3.28. The van der Waals surface area contributed by atoms with Crippen molar-refractivity contribution in [1.29, 1.82) is 0 Å². The van der Waals surface area contributed by atoms with Gasteiger partial charge in [-0.2, -0.15) is 0 Å². The fourth-order valence-corrected chi connectivity index (χ4v) is 0.931. The average Bonchev–Trinajstić information content (AvgIpc) is 2.58. The Morgan fingerprint density at radius 1 is 1.14 bits per heavy atom. The lowest BCUT2D eigenvalue weighted by Crippen LogP contribution is -1.83. The number of nitrogens with one attached hydrogen (secondary N) is 1. The monoisotopic (exact) mass is 233 g/mol. The third kappa shape index (κ3) is 2.61. The van der Waals surface area contributed by atoms with Gasteiger partial charge in [0.15, 0.2) is 5.82 Å². The Labute approximate surface area is 93.2 Å². The van der Waals surface area contributed by atoms with Crippen molar-refractivity contribution in [3.63, 3.8) is 0 Å². The van der Waals surface area contributed by atoms with Crippen molar-refractivity contribution in [1.82, 2.24) is 15.0 Å². The van der Waals surface area contributed by atoms with E-state index in [1.807, 2.05) is 0 Å². The largest absolute Gasteiger partial charge is 0.506 e. The van der Waals surface area contributed by atoms with Gasteiger partial charge in [-0.1, -0.05) is 0 Å². The summed E-state index contributed by atoms with van der Waals surface area (Å²) in [5.41, 5.74) is 0.720. The third-order valence-corrected chi connectivity index (χ3v) is 1.49. The molecule has 76 valence electrons. The van der Waals surface area contributed by atoms with Crippen LogP contribution in [0.15, 0.2) is 30.7 Å². The molecule has 0 unspecified atom stereocenters. The number of hydrogen-bond acceptors (Lipinski definition) is 3. The van der Waals surface area contributed by atoms with Crippen LogP contribution in [0.3, 0.4) is 0 Å². The number of aromatic nitrogens is 3. The number of halogens is 2. The van der Waals surface area contributed by atoms with Crippen molar-refractivity contribution < 1.29 is 5.11 Å². The van der Waals surface area contributed by atoms with Gasteiger partial charge >= 0.3 is 0 Å². The Morgan fingerprint density at radius 3 is 2.43 bits per heavy atom. The van der Waals surface area contributed by atoms with E-state index in [4.69, 9.17) is 5.11 Å². The van der Waals surface area contributed by atoms with Crippen LogP contribution in [-0.2, 0) is 0 Å². The molecule has 2 rings (SSSR count). The van der Waals surface area contributed by atoms with E-state index in [-0.39, 0.29) is 30.6 Å². The number of imidazole rings is 1. The second kappa shape index (κ2) is 5.47. The highest BCUT2D eigenvalue weighted by Gasteiger charge is 1.99. The first-order valence-corrected chi connectivity index (χ1v) is 3.51. The van der Waals surface area contributed by atoms with Crippen molar-refractivity contribution in [2.75, 3.05) is 0 Å². The zero-order chi connectivity index (χ0) is 8.39. The van der Waals surface area contributed by atoms with Crippen LogP contribution in [-0.4, -0.2) is 20.1 Å². The van der Waals surface area contributed by atoms with Crippen LogP contribution in [0.4, 0.5) is 0 Å². The fraction of sp³-hybridized carbons (Fsp3) is 0. The highest BCUT2D eigenvalue weighted by molar-refractivity contribution is 5.85. The summed E-state index contributed by atoms with van der Waals surface area (Å²) in [6.45, 7) is 0. The maximum absolute atomic E-state index is 8.96. The molecule has 0 fully saturated rings. The number of nitrogens with zero attached hydrogens (tertiary/aromatic N) is 2. The summed E-state index contributed by atoms with van der Waals surface area (Å²) >= 11 is 0. The number of aromatic amines is 1. The van der Waals surface area contributed by atoms with Gasteiger partial charge in [0.25, 0.3) is 0 Å². The molecule has 0 aliphatic carbocycles. The maximum atomic E-state index is 8.96. The molecule has 0 saturated heterocycles. The fourth-order valence-electron chi connectivity index (χ4n) is 0.931. The van der Waals surface area contributed by atoms with Gasteiger partial charge in [-0.05, 0) is 12.1 Å². The van der Waals surface area contributed by atoms with E-state index < -0.39 is 0 Å². The highest BCUT2D eigenvalue weighted by atomic mass is 35.5. The molecule has 0 saturated carbocycles.